The summed E-state index contributed by atoms with van der Waals surface area (Å²) in [6.45, 7) is 3.41. The molecule has 0 aliphatic carbocycles. The van der Waals surface area contributed by atoms with Gasteiger partial charge in [0.1, 0.15) is 0 Å². The van der Waals surface area contributed by atoms with E-state index in [0.29, 0.717) is 22.8 Å². The lowest BCUT2D eigenvalue weighted by Crippen LogP contribution is -2.21. The Labute approximate surface area is 183 Å². The van der Waals surface area contributed by atoms with Gasteiger partial charge >= 0.3 is 5.97 Å². The van der Waals surface area contributed by atoms with Gasteiger partial charge in [0.2, 0.25) is 5.91 Å². The van der Waals surface area contributed by atoms with Crippen molar-refractivity contribution in [2.45, 2.75) is 33.1 Å². The minimum atomic E-state index is -0.529. The van der Waals surface area contributed by atoms with Crippen LogP contribution in [-0.2, 0) is 19.1 Å². The zero-order valence-electron chi connectivity index (χ0n) is 16.2. The number of carbonyl (C=O) groups is 3. The third-order valence-corrected chi connectivity index (χ3v) is 5.34. The number of rotatable bonds is 8. The van der Waals surface area contributed by atoms with Gasteiger partial charge in [-0.2, -0.15) is 0 Å². The molecule has 0 saturated heterocycles. The molecule has 8 heteroatoms. The van der Waals surface area contributed by atoms with Gasteiger partial charge in [-0.25, -0.2) is 0 Å². The number of carbonyl (C=O) groups excluding carboxylic acids is 3. The first-order chi connectivity index (χ1) is 13.7. The van der Waals surface area contributed by atoms with Crippen LogP contribution in [0.2, 0.25) is 5.02 Å². The van der Waals surface area contributed by atoms with Crippen LogP contribution in [0.15, 0.2) is 40.9 Å². The molecule has 2 aromatic carbocycles. The second kappa shape index (κ2) is 11.0. The Morgan fingerprint density at radius 2 is 1.59 bits per heavy atom. The fraction of sp³-hybridized carbons (Fsp3) is 0.286. The number of benzene rings is 2. The van der Waals surface area contributed by atoms with E-state index in [0.717, 1.165) is 15.6 Å². The van der Waals surface area contributed by atoms with E-state index in [4.69, 9.17) is 16.3 Å². The number of anilines is 2. The van der Waals surface area contributed by atoms with E-state index in [1.165, 1.54) is 0 Å². The van der Waals surface area contributed by atoms with Crippen LogP contribution in [0.3, 0.4) is 0 Å². The zero-order chi connectivity index (χ0) is 21.4. The van der Waals surface area contributed by atoms with Crippen LogP contribution in [0.5, 0.6) is 0 Å². The van der Waals surface area contributed by atoms with E-state index in [2.05, 4.69) is 26.6 Å². The SMILES string of the molecule is Cc1ccc(NC(=O)CCCC(=O)OCC(=O)Nc2ccc(Br)c(C)c2)cc1Cl. The molecule has 0 spiro atoms. The molecule has 0 radical (unpaired) electrons. The van der Waals surface area contributed by atoms with Crippen LogP contribution in [0.25, 0.3) is 0 Å². The molecule has 6 nitrogen and oxygen atoms in total. The minimum absolute atomic E-state index is 0.0484. The summed E-state index contributed by atoms with van der Waals surface area (Å²) in [5, 5.41) is 5.96. The standard InChI is InChI=1S/C21H22BrClN2O4/c1-13-6-7-16(11-18(13)23)24-19(26)4-3-5-21(28)29-12-20(27)25-15-8-9-17(22)14(2)10-15/h6-11H,3-5,12H2,1-2H3,(H,24,26)(H,25,27). The largest absolute Gasteiger partial charge is 0.456 e. The summed E-state index contributed by atoms with van der Waals surface area (Å²) >= 11 is 9.41. The molecule has 0 aromatic heterocycles. The van der Waals surface area contributed by atoms with Crippen molar-refractivity contribution in [1.29, 1.82) is 0 Å². The van der Waals surface area contributed by atoms with Crippen molar-refractivity contribution in [3.05, 3.63) is 57.0 Å². The van der Waals surface area contributed by atoms with E-state index in [-0.39, 0.29) is 25.4 Å². The number of nitrogens with one attached hydrogen (secondary N) is 2. The number of aryl methyl sites for hydroxylation is 2. The lowest BCUT2D eigenvalue weighted by molar-refractivity contribution is -0.147. The number of halogens is 2. The van der Waals surface area contributed by atoms with Gasteiger partial charge in [0.15, 0.2) is 6.61 Å². The highest BCUT2D eigenvalue weighted by Gasteiger charge is 2.10. The van der Waals surface area contributed by atoms with Gasteiger partial charge in [0.25, 0.3) is 5.91 Å². The van der Waals surface area contributed by atoms with Gasteiger partial charge < -0.3 is 15.4 Å². The molecule has 2 rings (SSSR count). The topological polar surface area (TPSA) is 84.5 Å². The van der Waals surface area contributed by atoms with Gasteiger partial charge in [-0.3, -0.25) is 14.4 Å². The summed E-state index contributed by atoms with van der Waals surface area (Å²) in [5.41, 5.74) is 3.13. The first-order valence-electron chi connectivity index (χ1n) is 9.02. The van der Waals surface area contributed by atoms with Crippen molar-refractivity contribution in [2.75, 3.05) is 17.2 Å². The number of amides is 2. The summed E-state index contributed by atoms with van der Waals surface area (Å²) in [6.07, 6.45) is 0.523. The highest BCUT2D eigenvalue weighted by Crippen LogP contribution is 2.21. The predicted molar refractivity (Wildman–Crippen MR) is 117 cm³/mol. The molecule has 0 aliphatic rings. The van der Waals surface area contributed by atoms with Crippen LogP contribution in [0.4, 0.5) is 11.4 Å². The molecule has 0 atom stereocenters. The Balaban J connectivity index is 1.65. The van der Waals surface area contributed by atoms with Crippen LogP contribution in [-0.4, -0.2) is 24.4 Å². The maximum absolute atomic E-state index is 11.9. The average Bonchev–Trinajstić information content (AvgIpc) is 2.66. The van der Waals surface area contributed by atoms with Gasteiger partial charge in [0.05, 0.1) is 0 Å². The lowest BCUT2D eigenvalue weighted by Gasteiger charge is -2.08. The number of ether oxygens (including phenoxy) is 1. The fourth-order valence-electron chi connectivity index (χ4n) is 2.43. The molecule has 29 heavy (non-hydrogen) atoms. The van der Waals surface area contributed by atoms with E-state index < -0.39 is 11.9 Å². The maximum atomic E-state index is 11.9. The Morgan fingerprint density at radius 1 is 0.931 bits per heavy atom. The molecule has 2 aromatic rings. The quantitative estimate of drug-likeness (QED) is 0.519. The predicted octanol–water partition coefficient (Wildman–Crippen LogP) is 5.01. The molecule has 0 unspecified atom stereocenters. The van der Waals surface area contributed by atoms with E-state index in [9.17, 15) is 14.4 Å². The van der Waals surface area contributed by atoms with Crippen LogP contribution >= 0.6 is 27.5 Å². The molecule has 0 aliphatic heterocycles. The van der Waals surface area contributed by atoms with Crippen LogP contribution in [0, 0.1) is 13.8 Å². The summed E-state index contributed by atoms with van der Waals surface area (Å²) in [4.78, 5) is 35.6. The highest BCUT2D eigenvalue weighted by atomic mass is 79.9. The van der Waals surface area contributed by atoms with Crippen molar-refractivity contribution in [1.82, 2.24) is 0 Å². The summed E-state index contributed by atoms with van der Waals surface area (Å²) in [6, 6.07) is 10.6. The molecule has 0 bridgehead atoms. The average molecular weight is 482 g/mol. The Hall–Kier alpha value is -2.38. The Kier molecular flexibility index (Phi) is 8.67. The molecular weight excluding hydrogens is 460 g/mol. The number of esters is 1. The normalized spacial score (nSPS) is 10.3. The van der Waals surface area contributed by atoms with Crippen molar-refractivity contribution < 1.29 is 19.1 Å². The molecule has 0 heterocycles. The first-order valence-corrected chi connectivity index (χ1v) is 10.2. The molecular formula is C21H22BrClN2O4. The van der Waals surface area contributed by atoms with Crippen LogP contribution < -0.4 is 10.6 Å². The zero-order valence-corrected chi connectivity index (χ0v) is 18.5. The third-order valence-electron chi connectivity index (χ3n) is 4.05. The summed E-state index contributed by atoms with van der Waals surface area (Å²) in [5.74, 6) is -1.17. The number of hydrogen-bond acceptors (Lipinski definition) is 4. The molecule has 2 amide bonds. The van der Waals surface area contributed by atoms with Crippen molar-refractivity contribution >= 4 is 56.7 Å². The van der Waals surface area contributed by atoms with Crippen molar-refractivity contribution in [3.63, 3.8) is 0 Å². The van der Waals surface area contributed by atoms with Gasteiger partial charge in [-0.05, 0) is 61.7 Å². The highest BCUT2D eigenvalue weighted by molar-refractivity contribution is 9.10. The smallest absolute Gasteiger partial charge is 0.306 e. The molecule has 0 fully saturated rings. The molecule has 2 N–H and O–H groups in total. The minimum Gasteiger partial charge on any atom is -0.456 e. The Morgan fingerprint density at radius 3 is 2.28 bits per heavy atom. The van der Waals surface area contributed by atoms with E-state index >= 15 is 0 Å². The first kappa shape index (κ1) is 22.9. The second-order valence-corrected chi connectivity index (χ2v) is 7.80. The lowest BCUT2D eigenvalue weighted by atomic mass is 10.2. The van der Waals surface area contributed by atoms with Gasteiger partial charge in [-0.15, -0.1) is 0 Å². The van der Waals surface area contributed by atoms with Crippen molar-refractivity contribution in [3.8, 4) is 0 Å². The van der Waals surface area contributed by atoms with Crippen molar-refractivity contribution in [2.24, 2.45) is 0 Å². The molecule has 0 saturated carbocycles. The second-order valence-electron chi connectivity index (χ2n) is 6.54. The van der Waals surface area contributed by atoms with E-state index in [1.807, 2.05) is 32.0 Å². The third kappa shape index (κ3) is 7.87. The van der Waals surface area contributed by atoms with Crippen LogP contribution in [0.1, 0.15) is 30.4 Å². The summed E-state index contributed by atoms with van der Waals surface area (Å²) < 4.78 is 5.89. The molecule has 154 valence electrons. The van der Waals surface area contributed by atoms with E-state index in [1.54, 1.807) is 18.2 Å². The Bertz CT molecular complexity index is 918. The van der Waals surface area contributed by atoms with Gasteiger partial charge in [0, 0.05) is 33.7 Å². The fourth-order valence-corrected chi connectivity index (χ4v) is 2.85. The summed E-state index contributed by atoms with van der Waals surface area (Å²) in [7, 11) is 0. The monoisotopic (exact) mass is 480 g/mol. The maximum Gasteiger partial charge on any atom is 0.306 e. The number of hydrogen-bond donors (Lipinski definition) is 2. The van der Waals surface area contributed by atoms with Gasteiger partial charge in [-0.1, -0.05) is 33.6 Å².